The van der Waals surface area contributed by atoms with E-state index in [0.29, 0.717) is 0 Å². The minimum Gasteiger partial charge on any atom is -0.322 e. The second-order valence-corrected chi connectivity index (χ2v) is 8.16. The monoisotopic (exact) mass is 380 g/mol. The number of pyridine rings is 1. The number of urea groups is 1. The van der Waals surface area contributed by atoms with Gasteiger partial charge in [-0.2, -0.15) is 0 Å². The second kappa shape index (κ2) is 7.66. The minimum atomic E-state index is -0.0432. The summed E-state index contributed by atoms with van der Waals surface area (Å²) in [4.78, 5) is 22.4. The number of thiophene rings is 1. The summed E-state index contributed by atoms with van der Waals surface area (Å²) in [5, 5.41) is 4.30. The fourth-order valence-electron chi connectivity index (χ4n) is 3.43. The van der Waals surface area contributed by atoms with Crippen molar-refractivity contribution in [1.29, 1.82) is 0 Å². The molecule has 3 heterocycles. The molecule has 1 N–H and O–H groups in total. The number of aromatic nitrogens is 1. The normalized spacial score (nSPS) is 15.3. The zero-order valence-electron chi connectivity index (χ0n) is 15.7. The van der Waals surface area contributed by atoms with Gasteiger partial charge in [0.1, 0.15) is 0 Å². The van der Waals surface area contributed by atoms with Crippen LogP contribution in [-0.4, -0.2) is 47.0 Å². The number of hydrogen-bond donors (Lipinski definition) is 1. The van der Waals surface area contributed by atoms with Crippen molar-refractivity contribution in [3.05, 3.63) is 58.7 Å². The predicted molar refractivity (Wildman–Crippen MR) is 111 cm³/mol. The lowest BCUT2D eigenvalue weighted by Crippen LogP contribution is -2.49. The third kappa shape index (κ3) is 3.96. The largest absolute Gasteiger partial charge is 0.322 e. The molecule has 1 aromatic carbocycles. The highest BCUT2D eigenvalue weighted by Gasteiger charge is 2.22. The van der Waals surface area contributed by atoms with E-state index in [4.69, 9.17) is 0 Å². The Morgan fingerprint density at radius 2 is 1.89 bits per heavy atom. The predicted octanol–water partition coefficient (Wildman–Crippen LogP) is 4.26. The maximum absolute atomic E-state index is 12.5. The molecule has 140 valence electrons. The quantitative estimate of drug-likeness (QED) is 0.738. The van der Waals surface area contributed by atoms with E-state index in [9.17, 15) is 4.79 Å². The highest BCUT2D eigenvalue weighted by atomic mass is 32.1. The molecule has 2 amide bonds. The van der Waals surface area contributed by atoms with Crippen LogP contribution < -0.4 is 5.32 Å². The maximum atomic E-state index is 12.5. The van der Waals surface area contributed by atoms with Crippen molar-refractivity contribution in [1.82, 2.24) is 14.8 Å². The number of aryl methyl sites for hydroxylation is 2. The van der Waals surface area contributed by atoms with E-state index in [1.54, 1.807) is 6.20 Å². The Labute approximate surface area is 163 Å². The topological polar surface area (TPSA) is 48.5 Å². The summed E-state index contributed by atoms with van der Waals surface area (Å²) in [6.07, 6.45) is 1.70. The Kier molecular flexibility index (Phi) is 5.09. The molecule has 0 bridgehead atoms. The molecule has 4 rings (SSSR count). The first kappa shape index (κ1) is 17.9. The van der Waals surface area contributed by atoms with Crippen molar-refractivity contribution >= 4 is 33.1 Å². The Balaban J connectivity index is 1.33. The average Bonchev–Trinajstić information content (AvgIpc) is 3.00. The molecule has 1 aliphatic rings. The summed E-state index contributed by atoms with van der Waals surface area (Å²) in [5.41, 5.74) is 3.08. The average molecular weight is 381 g/mol. The van der Waals surface area contributed by atoms with Crippen LogP contribution in [0.2, 0.25) is 0 Å². The number of fused-ring (bicyclic) bond motifs is 1. The van der Waals surface area contributed by atoms with E-state index >= 15 is 0 Å². The number of amides is 2. The van der Waals surface area contributed by atoms with Crippen LogP contribution in [0.4, 0.5) is 10.5 Å². The fraction of sp³-hybridized carbons (Fsp3) is 0.333. The summed E-state index contributed by atoms with van der Waals surface area (Å²) < 4.78 is 1.36. The van der Waals surface area contributed by atoms with E-state index in [-0.39, 0.29) is 6.03 Å². The zero-order valence-corrected chi connectivity index (χ0v) is 16.6. The maximum Gasteiger partial charge on any atom is 0.321 e. The van der Waals surface area contributed by atoms with Gasteiger partial charge >= 0.3 is 6.03 Å². The first-order valence-electron chi connectivity index (χ1n) is 9.28. The molecule has 0 aliphatic carbocycles. The summed E-state index contributed by atoms with van der Waals surface area (Å²) in [5.74, 6) is 0. The minimum absolute atomic E-state index is 0.0432. The molecule has 1 aliphatic heterocycles. The van der Waals surface area contributed by atoms with Crippen molar-refractivity contribution in [3.8, 4) is 0 Å². The number of carbonyl (C=O) groups is 1. The summed E-state index contributed by atoms with van der Waals surface area (Å²) >= 11 is 1.89. The van der Waals surface area contributed by atoms with Gasteiger partial charge in [0.05, 0.1) is 11.9 Å². The number of nitrogens with one attached hydrogen (secondary N) is 1. The first-order valence-corrected chi connectivity index (χ1v) is 10.1. The van der Waals surface area contributed by atoms with Crippen LogP contribution in [0.5, 0.6) is 0 Å². The molecule has 0 spiro atoms. The van der Waals surface area contributed by atoms with Crippen LogP contribution in [0.3, 0.4) is 0 Å². The van der Waals surface area contributed by atoms with Crippen molar-refractivity contribution < 1.29 is 4.79 Å². The van der Waals surface area contributed by atoms with Crippen molar-refractivity contribution in [2.24, 2.45) is 0 Å². The van der Waals surface area contributed by atoms with Gasteiger partial charge in [-0.1, -0.05) is 18.2 Å². The number of anilines is 1. The number of rotatable bonds is 3. The molecule has 5 nitrogen and oxygen atoms in total. The molecule has 1 fully saturated rings. The summed E-state index contributed by atoms with van der Waals surface area (Å²) in [6.45, 7) is 8.39. The van der Waals surface area contributed by atoms with Gasteiger partial charge in [0.15, 0.2) is 0 Å². The van der Waals surface area contributed by atoms with E-state index in [2.05, 4.69) is 46.4 Å². The lowest BCUT2D eigenvalue weighted by molar-refractivity contribution is 0.143. The molecule has 0 radical (unpaired) electrons. The molecule has 0 atom stereocenters. The smallest absolute Gasteiger partial charge is 0.321 e. The summed E-state index contributed by atoms with van der Waals surface area (Å²) in [7, 11) is 0. The highest BCUT2D eigenvalue weighted by molar-refractivity contribution is 7.19. The molecule has 0 unspecified atom stereocenters. The molecular weight excluding hydrogens is 356 g/mol. The molecule has 2 aromatic heterocycles. The lowest BCUT2D eigenvalue weighted by atomic mass is 10.1. The van der Waals surface area contributed by atoms with Crippen LogP contribution in [0.15, 0.2) is 42.6 Å². The second-order valence-electron chi connectivity index (χ2n) is 7.03. The van der Waals surface area contributed by atoms with Gasteiger partial charge in [-0.05, 0) is 43.0 Å². The van der Waals surface area contributed by atoms with Gasteiger partial charge in [-0.15, -0.1) is 11.3 Å². The van der Waals surface area contributed by atoms with Gasteiger partial charge in [-0.3, -0.25) is 9.88 Å². The van der Waals surface area contributed by atoms with Crippen molar-refractivity contribution in [3.63, 3.8) is 0 Å². The van der Waals surface area contributed by atoms with Gasteiger partial charge in [0, 0.05) is 48.0 Å². The molecule has 3 aromatic rings. The number of carbonyl (C=O) groups excluding carboxylic acids is 1. The number of piperazine rings is 1. The van der Waals surface area contributed by atoms with E-state index in [1.165, 1.54) is 20.5 Å². The van der Waals surface area contributed by atoms with Crippen LogP contribution in [0.1, 0.15) is 16.1 Å². The SMILES string of the molecule is Cc1ccc(NC(=O)N2CCN(Cc3sc4ccccc4c3C)CC2)cn1. The van der Waals surface area contributed by atoms with E-state index < -0.39 is 0 Å². The lowest BCUT2D eigenvalue weighted by Gasteiger charge is -2.34. The van der Waals surface area contributed by atoms with Crippen LogP contribution in [0.25, 0.3) is 10.1 Å². The number of benzene rings is 1. The molecule has 6 heteroatoms. The Hall–Kier alpha value is -2.44. The number of hydrogen-bond acceptors (Lipinski definition) is 4. The summed E-state index contributed by atoms with van der Waals surface area (Å²) in [6, 6.07) is 12.3. The first-order chi connectivity index (χ1) is 13.1. The molecular formula is C21H24N4OS. The van der Waals surface area contributed by atoms with Crippen molar-refractivity contribution in [2.75, 3.05) is 31.5 Å². The zero-order chi connectivity index (χ0) is 18.8. The van der Waals surface area contributed by atoms with Crippen LogP contribution in [-0.2, 0) is 6.54 Å². The third-order valence-electron chi connectivity index (χ3n) is 5.13. The van der Waals surface area contributed by atoms with Gasteiger partial charge in [0.25, 0.3) is 0 Å². The Bertz CT molecular complexity index is 942. The molecule has 0 saturated carbocycles. The Morgan fingerprint density at radius 1 is 1.11 bits per heavy atom. The molecule has 27 heavy (non-hydrogen) atoms. The standard InChI is InChI=1S/C21H24N4OS/c1-15-7-8-17(13-22-15)23-21(26)25-11-9-24(10-12-25)14-20-16(2)18-5-3-4-6-19(18)27-20/h3-8,13H,9-12,14H2,1-2H3,(H,23,26). The van der Waals surface area contributed by atoms with Gasteiger partial charge < -0.3 is 10.2 Å². The van der Waals surface area contributed by atoms with Gasteiger partial charge in [-0.25, -0.2) is 4.79 Å². The van der Waals surface area contributed by atoms with E-state index in [1.807, 2.05) is 35.3 Å². The third-order valence-corrected chi connectivity index (χ3v) is 6.39. The molecule has 1 saturated heterocycles. The van der Waals surface area contributed by atoms with Crippen LogP contribution in [0, 0.1) is 13.8 Å². The van der Waals surface area contributed by atoms with Gasteiger partial charge in [0.2, 0.25) is 0 Å². The fourth-order valence-corrected chi connectivity index (χ4v) is 4.69. The number of nitrogens with zero attached hydrogens (tertiary/aromatic N) is 3. The highest BCUT2D eigenvalue weighted by Crippen LogP contribution is 2.31. The van der Waals surface area contributed by atoms with Crippen molar-refractivity contribution in [2.45, 2.75) is 20.4 Å². The Morgan fingerprint density at radius 3 is 2.59 bits per heavy atom. The van der Waals surface area contributed by atoms with Crippen LogP contribution >= 0.6 is 11.3 Å². The van der Waals surface area contributed by atoms with E-state index in [0.717, 1.165) is 44.1 Å².